The van der Waals surface area contributed by atoms with Gasteiger partial charge in [0.05, 0.1) is 86.8 Å². The average Bonchev–Trinajstić information content (AvgIpc) is 0.801. The van der Waals surface area contributed by atoms with E-state index in [4.69, 9.17) is 77.0 Å². The number of alkyl halides is 1. The normalized spacial score (nSPS) is 20.9. The van der Waals surface area contributed by atoms with E-state index in [-0.39, 0.29) is 81.9 Å². The van der Waals surface area contributed by atoms with Gasteiger partial charge in [0.25, 0.3) is 11.1 Å². The number of carbonyl (C=O) groups excluding carboxylic acids is 6. The predicted octanol–water partition coefficient (Wildman–Crippen LogP) is 19.4. The molecule has 0 saturated carbocycles. The fourth-order valence-electron chi connectivity index (χ4n) is 21.1. The molecule has 3 aromatic carbocycles. The Balaban J connectivity index is 0.000000171. The summed E-state index contributed by atoms with van der Waals surface area (Å²) in [5.41, 5.74) is 18.3. The largest absolute Gasteiger partial charge is 0.469 e. The van der Waals surface area contributed by atoms with E-state index in [2.05, 4.69) is 170 Å². The second-order valence-electron chi connectivity index (χ2n) is 38.3. The number of nitrogens with zero attached hydrogens (tertiary/aromatic N) is 11. The lowest BCUT2D eigenvalue weighted by Crippen LogP contribution is -2.53. The predicted molar refractivity (Wildman–Crippen MR) is 596 cm³/mol. The number of nitriles is 1. The molecule has 0 aliphatic carbocycles. The maximum absolute atomic E-state index is 12.1. The van der Waals surface area contributed by atoms with Crippen LogP contribution in [0.4, 0.5) is 5.82 Å². The van der Waals surface area contributed by atoms with E-state index in [1.807, 2.05) is 81.4 Å². The third kappa shape index (κ3) is 39.2. The van der Waals surface area contributed by atoms with Gasteiger partial charge in [-0.3, -0.25) is 82.3 Å². The van der Waals surface area contributed by atoms with Crippen molar-refractivity contribution in [2.45, 2.75) is 283 Å². The van der Waals surface area contributed by atoms with Gasteiger partial charge in [0.15, 0.2) is 10.6 Å². The number of likely N-dealkylation sites (tertiary alicyclic amines) is 1. The zero-order valence-electron chi connectivity index (χ0n) is 87.2. The van der Waals surface area contributed by atoms with Gasteiger partial charge in [0.2, 0.25) is 10.6 Å². The molecule has 20 rings (SSSR count). The van der Waals surface area contributed by atoms with E-state index in [1.54, 1.807) is 13.8 Å². The second kappa shape index (κ2) is 65.4. The van der Waals surface area contributed by atoms with Crippen molar-refractivity contribution < 1.29 is 57.0 Å². The Morgan fingerprint density at radius 1 is 0.520 bits per heavy atom. The number of halogens is 7. The molecular weight excluding hydrogens is 2150 g/mol. The van der Waals surface area contributed by atoms with E-state index in [0.717, 1.165) is 254 Å². The van der Waals surface area contributed by atoms with E-state index < -0.39 is 11.1 Å². The zero-order chi connectivity index (χ0) is 108. The molecule has 8 saturated heterocycles. The number of ether oxygens (including phenoxy) is 5. The average molecular weight is 2300 g/mol. The van der Waals surface area contributed by atoms with E-state index >= 15 is 0 Å². The summed E-state index contributed by atoms with van der Waals surface area (Å²) in [6.45, 7) is 25.5. The lowest BCUT2D eigenvalue weighted by atomic mass is 9.85. The van der Waals surface area contributed by atoms with Gasteiger partial charge in [-0.1, -0.05) is 139 Å². The molecule has 8 aromatic rings. The SMILES string of the molecule is CCOC(=O)C1CCCCN1.CCOC(=O)C1CCN2CCCCC2C1=O.CCOC(=O)CCCN1CCCCC1C(=O)OCC.COC(=O)CCCBr.Cc1cc2c(C#N)cccc2[nH]1.Clc1nc(Cl)c2c(n1)C1CCCCN1CC2.Clc1nc(NCc2ccccc2)c2c(n1)C1CCCCN1CC2.NCc1ccccc1.O=P(Cl)(Cl)Cl.O=c1[nH]c(=S)[nH]c2c1CCN1CCCCC21.O=c1[nH]c2c(c(=O)[nH]1)CCN1CCCCC21. The number of nitrogens with one attached hydrogen (secondary N) is 7. The number of ketones is 1. The molecule has 822 valence electrons. The number of hydrogen-bond acceptors (Lipinski definition) is 30. The Labute approximate surface area is 922 Å². The Morgan fingerprint density at radius 3 is 1.55 bits per heavy atom. The summed E-state index contributed by atoms with van der Waals surface area (Å²) in [4.78, 5) is 149. The van der Waals surface area contributed by atoms with Crippen molar-refractivity contribution in [3.8, 4) is 6.07 Å². The molecule has 0 amide bonds. The number of esters is 5. The minimum atomic E-state index is -3.22. The first-order chi connectivity index (χ1) is 72.4. The molecule has 0 spiro atoms. The topological polar surface area (TPSA) is 441 Å². The molecule has 8 atom stereocenters. The van der Waals surface area contributed by atoms with E-state index in [1.165, 1.54) is 108 Å². The molecule has 8 unspecified atom stereocenters. The number of H-pyrrole nitrogens is 5. The fourth-order valence-corrected chi connectivity index (χ4v) is 22.2. The van der Waals surface area contributed by atoms with Gasteiger partial charge in [-0.05, 0) is 320 Å². The summed E-state index contributed by atoms with van der Waals surface area (Å²) >= 11 is 40.3. The van der Waals surface area contributed by atoms with Crippen molar-refractivity contribution in [2.75, 3.05) is 129 Å². The van der Waals surface area contributed by atoms with Crippen LogP contribution in [-0.2, 0) is 95.8 Å². The highest BCUT2D eigenvalue weighted by Crippen LogP contribution is 2.61. The summed E-state index contributed by atoms with van der Waals surface area (Å²) < 4.78 is 34.2. The van der Waals surface area contributed by atoms with Gasteiger partial charge in [0.1, 0.15) is 29.0 Å². The third-order valence-corrected chi connectivity index (χ3v) is 29.7. The number of nitrogens with two attached hydrogens (primary N) is 1. The van der Waals surface area contributed by atoms with Gasteiger partial charge in [-0.25, -0.2) is 24.7 Å². The molecule has 9 N–H and O–H groups in total. The van der Waals surface area contributed by atoms with Crippen molar-refractivity contribution in [2.24, 2.45) is 11.7 Å². The molecule has 0 radical (unpaired) electrons. The first-order valence-electron chi connectivity index (χ1n) is 53.1. The zero-order valence-corrected chi connectivity index (χ0v) is 95.0. The van der Waals surface area contributed by atoms with Crippen LogP contribution in [0.25, 0.3) is 10.9 Å². The molecule has 0 bridgehead atoms. The molecule has 150 heavy (non-hydrogen) atoms. The van der Waals surface area contributed by atoms with Crippen LogP contribution < -0.4 is 33.2 Å². The quantitative estimate of drug-likeness (QED) is 0.00578. The van der Waals surface area contributed by atoms with E-state index in [9.17, 15) is 47.7 Å². The number of carbonyl (C=O) groups is 6. The summed E-state index contributed by atoms with van der Waals surface area (Å²) in [6.07, 6.45) is 30.7. The van der Waals surface area contributed by atoms with Gasteiger partial charge in [-0.2, -0.15) is 5.26 Å². The maximum atomic E-state index is 12.1. The van der Waals surface area contributed by atoms with Crippen molar-refractivity contribution in [3.05, 3.63) is 204 Å². The van der Waals surface area contributed by atoms with Gasteiger partial charge in [0, 0.05) is 114 Å². The second-order valence-corrected chi connectivity index (χ2v) is 47.2. The molecule has 5 aromatic heterocycles. The van der Waals surface area contributed by atoms with Crippen LogP contribution in [0.1, 0.15) is 286 Å². The number of rotatable bonds is 18. The summed E-state index contributed by atoms with van der Waals surface area (Å²) in [6, 6.07) is 31.5. The van der Waals surface area contributed by atoms with Crippen LogP contribution >= 0.6 is 102 Å². The van der Waals surface area contributed by atoms with Crippen LogP contribution in [0.3, 0.4) is 0 Å². The van der Waals surface area contributed by atoms with Crippen molar-refractivity contribution in [1.82, 2.24) is 79.6 Å². The summed E-state index contributed by atoms with van der Waals surface area (Å²) in [7, 11) is 1.40. The van der Waals surface area contributed by atoms with Crippen molar-refractivity contribution in [3.63, 3.8) is 0 Å². The van der Waals surface area contributed by atoms with Gasteiger partial charge >= 0.3 is 40.7 Å². The Morgan fingerprint density at radius 2 is 1.01 bits per heavy atom. The molecule has 43 heteroatoms. The highest BCUT2D eigenvalue weighted by molar-refractivity contribution is 9.09. The Bertz CT molecular complexity index is 5860. The first-order valence-corrected chi connectivity index (χ1v) is 60.2. The molecular formula is C107H149BrCl6N19O15PS. The standard InChI is InChI=1S/C18H21ClN4.C14H25NO4.C12H19NO3.C11H13Cl2N3.C11H15N3O2.C11H15N3OS.C10H8N2.C8H15NO2.C7H9N.C5H9BrO2.Cl3OP/c19-18-21-16-14(9-11-23-10-5-4-8-15(16)23)17(22-18)20-12-13-6-2-1-3-7-13;1-3-18-13(16)9-7-11-15-10-6-5-8-12(15)14(17)19-4-2;1-2-16-12(15)9-6-8-13-7-4-3-5-10(13)11(9)14;12-10-7-4-6-16-5-2-1-3-8(16)9(7)14-11(13)15-10;2*15-10-7-4-6-14-5-2-1-3-8(14)9(7)12-11(16)13-10;1-7-5-9-8(6-11)3-2-4-10(9)12-7;1-2-11-8(10)7-5-3-4-6-9-7;8-6-7-4-2-1-3-5-7;1-8-5(7)3-2-4-6;1-5(2,3)4/h1-3,6-7,15H,4-5,8-12H2,(H,20,21,22);12H,3-11H2,1-2H3;9-10H,2-8H2,1H3;8H,1-6H2;2*8H,1-6H2,(H2,12,13,15,16);2-5,12H,1H3;7,9H,2-6H2,1H3;1-5H,6,8H2;2-4H2,1H3;. The maximum Gasteiger partial charge on any atom is 0.339 e. The lowest BCUT2D eigenvalue weighted by molar-refractivity contribution is -0.156. The minimum Gasteiger partial charge on any atom is -0.469 e. The Hall–Kier alpha value is -8.42. The number of fused-ring (bicyclic) bond motifs is 14. The molecule has 8 fully saturated rings. The Kier molecular flexibility index (Phi) is 53.8. The first kappa shape index (κ1) is 123. The number of aromatic amines is 5. The summed E-state index contributed by atoms with van der Waals surface area (Å²) in [5, 5.41) is 15.2. The molecule has 17 heterocycles. The van der Waals surface area contributed by atoms with Gasteiger partial charge < -0.3 is 55.0 Å². The number of Topliss-reactive ketones (excluding diaryl/α,β-unsaturated/α-hetero) is 1. The third-order valence-electron chi connectivity index (χ3n) is 28.3. The fraction of sp³-hybridized carbons (Fsp3) is 0.598. The monoisotopic (exact) mass is 2290 g/mol. The molecule has 12 aliphatic rings. The highest BCUT2D eigenvalue weighted by atomic mass is 79.9. The van der Waals surface area contributed by atoms with Crippen LogP contribution in [0.15, 0.2) is 99.3 Å². The van der Waals surface area contributed by atoms with Crippen molar-refractivity contribution >= 4 is 154 Å². The number of aryl methyl sites for hydroxylation is 1. The molecule has 12 aliphatic heterocycles. The number of hydrogen-bond donors (Lipinski definition) is 8. The van der Waals surface area contributed by atoms with Crippen LogP contribution in [0.5, 0.6) is 0 Å². The van der Waals surface area contributed by atoms with Gasteiger partial charge in [-0.15, -0.1) is 0 Å². The minimum absolute atomic E-state index is 0.00368. The van der Waals surface area contributed by atoms with Crippen LogP contribution in [0, 0.1) is 28.9 Å². The number of methoxy groups -OCH3 is 1. The number of piperidine rings is 8. The molecule has 34 nitrogen and oxygen atoms in total. The summed E-state index contributed by atoms with van der Waals surface area (Å²) in [5.74, 6) is -0.335. The number of benzene rings is 3. The number of anilines is 1. The van der Waals surface area contributed by atoms with Crippen molar-refractivity contribution in [1.29, 1.82) is 5.26 Å². The number of aromatic nitrogens is 9. The van der Waals surface area contributed by atoms with Crippen LogP contribution in [-0.4, -0.2) is 252 Å². The highest BCUT2D eigenvalue weighted by Gasteiger charge is 2.43. The lowest BCUT2D eigenvalue weighted by Gasteiger charge is -2.40. The van der Waals surface area contributed by atoms with E-state index in [0.29, 0.717) is 85.6 Å². The van der Waals surface area contributed by atoms with Crippen LogP contribution in [0.2, 0.25) is 15.7 Å². The smallest absolute Gasteiger partial charge is 0.339 e.